The van der Waals surface area contributed by atoms with Gasteiger partial charge in [0.1, 0.15) is 17.6 Å². The number of ether oxygens (including phenoxy) is 1. The monoisotopic (exact) mass is 613 g/mol. The molecule has 1 aromatic heterocycles. The number of carbonyl (C=O) groups excluding carboxylic acids is 1. The van der Waals surface area contributed by atoms with Gasteiger partial charge in [0, 0.05) is 17.3 Å². The van der Waals surface area contributed by atoms with E-state index in [1.54, 1.807) is 36.5 Å². The molecule has 222 valence electrons. The number of carbonyl (C=O) groups is 1. The minimum atomic E-state index is -2.83. The molecule has 2 atom stereocenters. The van der Waals surface area contributed by atoms with Crippen molar-refractivity contribution in [3.05, 3.63) is 131 Å². The van der Waals surface area contributed by atoms with Crippen LogP contribution in [-0.2, 0) is 9.16 Å². The number of hydrogen-bond acceptors (Lipinski definition) is 5. The van der Waals surface area contributed by atoms with Gasteiger partial charge in [-0.1, -0.05) is 111 Å². The molecule has 5 rings (SSSR count). The zero-order valence-electron chi connectivity index (χ0n) is 24.6. The number of rotatable bonds is 9. The Kier molecular flexibility index (Phi) is 9.13. The van der Waals surface area contributed by atoms with Crippen molar-refractivity contribution in [2.45, 2.75) is 50.5 Å². The van der Waals surface area contributed by atoms with Crippen LogP contribution in [0.15, 0.2) is 120 Å². The first-order valence-corrected chi connectivity index (χ1v) is 16.7. The average Bonchev–Trinajstić information content (AvgIpc) is 3.42. The summed E-state index contributed by atoms with van der Waals surface area (Å²) in [6, 6.07) is 31.2. The van der Waals surface area contributed by atoms with E-state index in [4.69, 9.17) is 20.8 Å². The van der Waals surface area contributed by atoms with Gasteiger partial charge in [-0.25, -0.2) is 4.79 Å². The summed E-state index contributed by atoms with van der Waals surface area (Å²) >= 11 is 6.16. The Bertz CT molecular complexity index is 1580. The Morgan fingerprint density at radius 2 is 1.60 bits per heavy atom. The quantitative estimate of drug-likeness (QED) is 0.239. The van der Waals surface area contributed by atoms with Crippen LogP contribution in [0.5, 0.6) is 0 Å². The van der Waals surface area contributed by atoms with Crippen LogP contribution in [0, 0.1) is 0 Å². The van der Waals surface area contributed by atoms with Crippen LogP contribution in [0.25, 0.3) is 0 Å². The highest BCUT2D eigenvalue weighted by Crippen LogP contribution is 2.41. The number of benzene rings is 3. The third kappa shape index (κ3) is 6.43. The highest BCUT2D eigenvalue weighted by atomic mass is 35.5. The van der Waals surface area contributed by atoms with E-state index >= 15 is 0 Å². The molecule has 9 heteroatoms. The maximum Gasteiger partial charge on any atom is 0.351 e. The molecule has 1 amide bonds. The Morgan fingerprint density at radius 1 is 1.02 bits per heavy atom. The van der Waals surface area contributed by atoms with Crippen molar-refractivity contribution in [3.63, 3.8) is 0 Å². The van der Waals surface area contributed by atoms with E-state index < -0.39 is 25.8 Å². The Hall–Kier alpha value is -3.82. The van der Waals surface area contributed by atoms with Crippen molar-refractivity contribution in [1.29, 1.82) is 0 Å². The molecule has 3 aromatic carbocycles. The maximum absolute atomic E-state index is 13.1. The van der Waals surface area contributed by atoms with Crippen molar-refractivity contribution >= 4 is 42.0 Å². The van der Waals surface area contributed by atoms with Crippen molar-refractivity contribution in [2.24, 2.45) is 0 Å². The highest BCUT2D eigenvalue weighted by molar-refractivity contribution is 6.99. The first-order valence-electron chi connectivity index (χ1n) is 14.3. The van der Waals surface area contributed by atoms with Gasteiger partial charge < -0.3 is 14.5 Å². The molecule has 0 saturated carbocycles. The Morgan fingerprint density at radius 3 is 2.14 bits per heavy atom. The zero-order chi connectivity index (χ0) is 30.5. The van der Waals surface area contributed by atoms with Crippen LogP contribution in [-0.4, -0.2) is 36.0 Å². The minimum Gasteiger partial charge on any atom is -0.404 e. The second-order valence-electron chi connectivity index (χ2n) is 11.7. The van der Waals surface area contributed by atoms with E-state index in [1.165, 1.54) is 20.5 Å². The molecule has 0 unspecified atom stereocenters. The molecule has 1 N–H and O–H groups in total. The van der Waals surface area contributed by atoms with Crippen molar-refractivity contribution in [2.75, 3.05) is 11.9 Å². The van der Waals surface area contributed by atoms with Gasteiger partial charge in [-0.2, -0.15) is 4.98 Å². The van der Waals surface area contributed by atoms with Gasteiger partial charge >= 0.3 is 5.69 Å². The van der Waals surface area contributed by atoms with Gasteiger partial charge in [0.2, 0.25) is 0 Å². The molecular weight excluding hydrogens is 578 g/mol. The normalized spacial score (nSPS) is 19.0. The highest BCUT2D eigenvalue weighted by Gasteiger charge is 2.52. The fourth-order valence-corrected chi connectivity index (χ4v) is 10.7. The predicted molar refractivity (Wildman–Crippen MR) is 174 cm³/mol. The standard InChI is InChI=1S/C34H36ClN3O4Si/c1-33(2,3)43(27-15-9-5-10-16-27,28-17-11-6-12-18-28)41-25-34(22-23-35)21-19-30(42-34)38-24-20-29(37-32(38)40)36-31(39)26-13-7-4-8-14-26/h4-18,20,22-24,30H,19,21,25H2,1-3H3,(H,36,37,39,40)/b23-22+/t30-,34-/m1/s1. The summed E-state index contributed by atoms with van der Waals surface area (Å²) in [5, 5.41) is 4.82. The molecule has 1 fully saturated rings. The first kappa shape index (κ1) is 30.6. The summed E-state index contributed by atoms with van der Waals surface area (Å²) in [6.07, 6.45) is 4.00. The molecule has 0 spiro atoms. The number of halogens is 1. The summed E-state index contributed by atoms with van der Waals surface area (Å²) in [6.45, 7) is 6.94. The number of anilines is 1. The van der Waals surface area contributed by atoms with Crippen molar-refractivity contribution in [3.8, 4) is 0 Å². The number of amides is 1. The molecule has 7 nitrogen and oxygen atoms in total. The van der Waals surface area contributed by atoms with Crippen molar-refractivity contribution < 1.29 is 14.0 Å². The molecule has 0 aliphatic carbocycles. The van der Waals surface area contributed by atoms with E-state index in [0.717, 1.165) is 0 Å². The lowest BCUT2D eigenvalue weighted by molar-refractivity contribution is -0.0672. The van der Waals surface area contributed by atoms with Gasteiger partial charge in [-0.05, 0) is 52.5 Å². The number of hydrogen-bond donors (Lipinski definition) is 1. The topological polar surface area (TPSA) is 82.5 Å². The van der Waals surface area contributed by atoms with Crippen LogP contribution in [0.4, 0.5) is 5.82 Å². The Balaban J connectivity index is 1.40. The zero-order valence-corrected chi connectivity index (χ0v) is 26.3. The lowest BCUT2D eigenvalue weighted by atomic mass is 10.0. The smallest absolute Gasteiger partial charge is 0.351 e. The molecule has 1 saturated heterocycles. The third-order valence-corrected chi connectivity index (χ3v) is 13.0. The predicted octanol–water partition coefficient (Wildman–Crippen LogP) is 5.87. The first-order chi connectivity index (χ1) is 20.7. The molecule has 1 aliphatic heterocycles. The minimum absolute atomic E-state index is 0.176. The fraction of sp³-hybridized carbons (Fsp3) is 0.265. The van der Waals surface area contributed by atoms with E-state index in [0.29, 0.717) is 18.4 Å². The van der Waals surface area contributed by atoms with Gasteiger partial charge in [0.25, 0.3) is 14.2 Å². The summed E-state index contributed by atoms with van der Waals surface area (Å²) in [5.74, 6) is -0.163. The Labute approximate surface area is 258 Å². The maximum atomic E-state index is 13.1. The van der Waals surface area contributed by atoms with Crippen LogP contribution < -0.4 is 21.4 Å². The average molecular weight is 614 g/mol. The van der Waals surface area contributed by atoms with Gasteiger partial charge in [0.05, 0.1) is 6.61 Å². The third-order valence-electron chi connectivity index (χ3n) is 7.92. The van der Waals surface area contributed by atoms with Crippen LogP contribution >= 0.6 is 11.6 Å². The van der Waals surface area contributed by atoms with Crippen molar-refractivity contribution in [1.82, 2.24) is 9.55 Å². The van der Waals surface area contributed by atoms with Gasteiger partial charge in [-0.15, -0.1) is 0 Å². The fourth-order valence-electron chi connectivity index (χ4n) is 5.82. The summed E-state index contributed by atoms with van der Waals surface area (Å²) in [5.41, 5.74) is 0.569. The molecule has 2 heterocycles. The number of nitrogens with one attached hydrogen (secondary N) is 1. The largest absolute Gasteiger partial charge is 0.404 e. The molecule has 4 aromatic rings. The van der Waals surface area contributed by atoms with E-state index in [-0.39, 0.29) is 23.4 Å². The SMILES string of the molecule is CC(C)(C)[Si](OC[C@]1(/C=C/Cl)CC[C@H](n2ccc(NC(=O)c3ccccc3)nc2=O)O1)(c1ccccc1)c1ccccc1. The number of nitrogens with zero attached hydrogens (tertiary/aromatic N) is 2. The van der Waals surface area contributed by atoms with E-state index in [1.807, 2.05) is 24.3 Å². The van der Waals surface area contributed by atoms with Gasteiger partial charge in [0.15, 0.2) is 0 Å². The lowest BCUT2D eigenvalue weighted by Gasteiger charge is -2.44. The summed E-state index contributed by atoms with van der Waals surface area (Å²) in [7, 11) is -2.83. The summed E-state index contributed by atoms with van der Waals surface area (Å²) < 4.78 is 15.2. The molecule has 43 heavy (non-hydrogen) atoms. The molecular formula is C34H36ClN3O4Si. The van der Waals surface area contributed by atoms with Crippen LogP contribution in [0.1, 0.15) is 50.2 Å². The van der Waals surface area contributed by atoms with E-state index in [9.17, 15) is 9.59 Å². The second-order valence-corrected chi connectivity index (χ2v) is 16.3. The van der Waals surface area contributed by atoms with Crippen LogP contribution in [0.3, 0.4) is 0 Å². The van der Waals surface area contributed by atoms with Crippen LogP contribution in [0.2, 0.25) is 5.04 Å². The molecule has 0 bridgehead atoms. The summed E-state index contributed by atoms with van der Waals surface area (Å²) in [4.78, 5) is 29.7. The lowest BCUT2D eigenvalue weighted by Crippen LogP contribution is -2.67. The van der Waals surface area contributed by atoms with E-state index in [2.05, 4.69) is 79.6 Å². The number of aromatic nitrogens is 2. The molecule has 1 aliphatic rings. The van der Waals surface area contributed by atoms with Gasteiger partial charge in [-0.3, -0.25) is 9.36 Å². The molecule has 0 radical (unpaired) electrons. The second kappa shape index (κ2) is 12.8.